The molecular formula is C13H13F2NO3. The van der Waals surface area contributed by atoms with Crippen molar-refractivity contribution < 1.29 is 23.5 Å². The van der Waals surface area contributed by atoms with Crippen LogP contribution < -0.4 is 5.32 Å². The van der Waals surface area contributed by atoms with Gasteiger partial charge in [0.2, 0.25) is 5.78 Å². The molecule has 0 saturated carbocycles. The van der Waals surface area contributed by atoms with E-state index in [0.717, 1.165) is 19.2 Å². The molecule has 1 aromatic carbocycles. The van der Waals surface area contributed by atoms with Crippen LogP contribution in [0.25, 0.3) is 0 Å². The van der Waals surface area contributed by atoms with Gasteiger partial charge in [-0.2, -0.15) is 0 Å². The molecular weight excluding hydrogens is 256 g/mol. The topological polar surface area (TPSA) is 66.4 Å². The first kappa shape index (κ1) is 15.0. The lowest BCUT2D eigenvalue weighted by Crippen LogP contribution is -2.17. The van der Waals surface area contributed by atoms with E-state index in [2.05, 4.69) is 5.32 Å². The Bertz CT molecular complexity index is 553. The second kappa shape index (κ2) is 6.19. The number of ketones is 2. The fraction of sp³-hybridized carbons (Fsp3) is 0.231. The summed E-state index contributed by atoms with van der Waals surface area (Å²) < 4.78 is 26.7. The van der Waals surface area contributed by atoms with Gasteiger partial charge in [0.1, 0.15) is 18.4 Å². The first-order valence-corrected chi connectivity index (χ1v) is 5.44. The molecule has 0 spiro atoms. The van der Waals surface area contributed by atoms with Gasteiger partial charge in [0.25, 0.3) is 0 Å². The van der Waals surface area contributed by atoms with Gasteiger partial charge in [-0.1, -0.05) is 0 Å². The zero-order valence-corrected chi connectivity index (χ0v) is 10.5. The first-order chi connectivity index (χ1) is 8.88. The summed E-state index contributed by atoms with van der Waals surface area (Å²) in [4.78, 5) is 23.3. The predicted octanol–water partition coefficient (Wildman–Crippen LogP) is 1.47. The number of benzene rings is 1. The van der Waals surface area contributed by atoms with Gasteiger partial charge in [-0.15, -0.1) is 0 Å². The van der Waals surface area contributed by atoms with Crippen molar-refractivity contribution in [3.05, 3.63) is 46.7 Å². The van der Waals surface area contributed by atoms with Crippen LogP contribution in [0.15, 0.2) is 23.9 Å². The molecule has 6 heteroatoms. The van der Waals surface area contributed by atoms with E-state index in [4.69, 9.17) is 5.11 Å². The Labute approximate surface area is 108 Å². The summed E-state index contributed by atoms with van der Waals surface area (Å²) in [7, 11) is 0. The Morgan fingerprint density at radius 3 is 2.47 bits per heavy atom. The van der Waals surface area contributed by atoms with Crippen LogP contribution in [-0.4, -0.2) is 23.4 Å². The highest BCUT2D eigenvalue weighted by Gasteiger charge is 2.21. The van der Waals surface area contributed by atoms with Crippen LogP contribution in [0.4, 0.5) is 8.78 Å². The highest BCUT2D eigenvalue weighted by Crippen LogP contribution is 2.18. The van der Waals surface area contributed by atoms with Crippen LogP contribution in [0.3, 0.4) is 0 Å². The van der Waals surface area contributed by atoms with Gasteiger partial charge in [-0.05, 0) is 25.5 Å². The van der Waals surface area contributed by atoms with Crippen LogP contribution in [0, 0.1) is 18.6 Å². The summed E-state index contributed by atoms with van der Waals surface area (Å²) in [6, 6.07) is 1.64. The molecule has 19 heavy (non-hydrogen) atoms. The number of hydrogen-bond acceptors (Lipinski definition) is 4. The van der Waals surface area contributed by atoms with Gasteiger partial charge < -0.3 is 10.4 Å². The lowest BCUT2D eigenvalue weighted by atomic mass is 9.99. The number of hydrogen-bond donors (Lipinski definition) is 2. The highest BCUT2D eigenvalue weighted by atomic mass is 19.1. The Kier molecular flexibility index (Phi) is 4.88. The van der Waals surface area contributed by atoms with Gasteiger partial charge in [0, 0.05) is 12.3 Å². The average Bonchev–Trinajstić information content (AvgIpc) is 2.33. The third-order valence-electron chi connectivity index (χ3n) is 2.45. The van der Waals surface area contributed by atoms with Crippen LogP contribution in [0.5, 0.6) is 0 Å². The molecule has 0 aliphatic carbocycles. The Hall–Kier alpha value is -2.08. The van der Waals surface area contributed by atoms with Crippen molar-refractivity contribution in [3.63, 3.8) is 0 Å². The standard InChI is InChI=1S/C13H13F2NO3/c1-7-3-9(12(15)4-11(7)14)13(19)10(8(2)18)5-16-6-17/h3-5,16-17H,6H2,1-2H3. The minimum Gasteiger partial charge on any atom is -0.377 e. The van der Waals surface area contributed by atoms with Crippen molar-refractivity contribution in [1.29, 1.82) is 0 Å². The molecule has 1 aromatic rings. The fourth-order valence-electron chi connectivity index (χ4n) is 1.45. The van der Waals surface area contributed by atoms with Crippen molar-refractivity contribution in [2.45, 2.75) is 13.8 Å². The summed E-state index contributed by atoms with van der Waals surface area (Å²) in [5, 5.41) is 10.9. The molecule has 0 aliphatic rings. The van der Waals surface area contributed by atoms with E-state index in [-0.39, 0.29) is 16.7 Å². The lowest BCUT2D eigenvalue weighted by Gasteiger charge is -2.07. The Morgan fingerprint density at radius 1 is 1.32 bits per heavy atom. The summed E-state index contributed by atoms with van der Waals surface area (Å²) in [5.74, 6) is -3.26. The van der Waals surface area contributed by atoms with Crippen molar-refractivity contribution >= 4 is 11.6 Å². The maximum Gasteiger partial charge on any atom is 0.201 e. The van der Waals surface area contributed by atoms with E-state index in [1.165, 1.54) is 6.92 Å². The Balaban J connectivity index is 3.24. The van der Waals surface area contributed by atoms with Crippen molar-refractivity contribution in [2.75, 3.05) is 6.73 Å². The number of aryl methyl sites for hydroxylation is 1. The summed E-state index contributed by atoms with van der Waals surface area (Å²) in [6.07, 6.45) is 1.00. The fourth-order valence-corrected chi connectivity index (χ4v) is 1.45. The molecule has 0 aromatic heterocycles. The molecule has 0 amide bonds. The van der Waals surface area contributed by atoms with Crippen molar-refractivity contribution in [3.8, 4) is 0 Å². The molecule has 0 unspecified atom stereocenters. The van der Waals surface area contributed by atoms with Crippen LogP contribution in [0.1, 0.15) is 22.8 Å². The molecule has 2 N–H and O–H groups in total. The summed E-state index contributed by atoms with van der Waals surface area (Å²) >= 11 is 0. The van der Waals surface area contributed by atoms with E-state index in [9.17, 15) is 18.4 Å². The summed E-state index contributed by atoms with van der Waals surface area (Å²) in [6.45, 7) is 2.04. The molecule has 1 rings (SSSR count). The SMILES string of the molecule is CC(=O)C(=CNCO)C(=O)c1cc(C)c(F)cc1F. The molecule has 0 saturated heterocycles. The molecule has 0 fully saturated rings. The predicted molar refractivity (Wildman–Crippen MR) is 64.4 cm³/mol. The molecule has 0 heterocycles. The lowest BCUT2D eigenvalue weighted by molar-refractivity contribution is -0.113. The van der Waals surface area contributed by atoms with Gasteiger partial charge in [-0.25, -0.2) is 8.78 Å². The third kappa shape index (κ3) is 3.45. The molecule has 102 valence electrons. The van der Waals surface area contributed by atoms with E-state index < -0.39 is 29.9 Å². The van der Waals surface area contributed by atoms with Gasteiger partial charge >= 0.3 is 0 Å². The molecule has 0 radical (unpaired) electrons. The Morgan fingerprint density at radius 2 is 1.95 bits per heavy atom. The molecule has 0 bridgehead atoms. The third-order valence-corrected chi connectivity index (χ3v) is 2.45. The zero-order chi connectivity index (χ0) is 14.6. The number of halogens is 2. The minimum absolute atomic E-state index is 0.0998. The number of Topliss-reactive ketones (excluding diaryl/α,β-unsaturated/α-hetero) is 2. The molecule has 0 aliphatic heterocycles. The zero-order valence-electron chi connectivity index (χ0n) is 10.5. The molecule has 4 nitrogen and oxygen atoms in total. The number of aliphatic hydroxyl groups excluding tert-OH is 1. The first-order valence-electron chi connectivity index (χ1n) is 5.44. The number of nitrogens with one attached hydrogen (secondary N) is 1. The highest BCUT2D eigenvalue weighted by molar-refractivity contribution is 6.25. The largest absolute Gasteiger partial charge is 0.377 e. The maximum atomic E-state index is 13.6. The quantitative estimate of drug-likeness (QED) is 0.279. The number of carbonyl (C=O) groups excluding carboxylic acids is 2. The summed E-state index contributed by atoms with van der Waals surface area (Å²) in [5.41, 5.74) is -0.609. The van der Waals surface area contributed by atoms with Crippen LogP contribution in [-0.2, 0) is 4.79 Å². The number of carbonyl (C=O) groups is 2. The van der Waals surface area contributed by atoms with E-state index in [0.29, 0.717) is 6.07 Å². The second-order valence-corrected chi connectivity index (χ2v) is 3.89. The number of allylic oxidation sites excluding steroid dienone is 1. The van der Waals surface area contributed by atoms with E-state index in [1.54, 1.807) is 0 Å². The van der Waals surface area contributed by atoms with Crippen LogP contribution >= 0.6 is 0 Å². The van der Waals surface area contributed by atoms with Crippen molar-refractivity contribution in [1.82, 2.24) is 5.32 Å². The van der Waals surface area contributed by atoms with E-state index >= 15 is 0 Å². The van der Waals surface area contributed by atoms with Crippen LogP contribution in [0.2, 0.25) is 0 Å². The van der Waals surface area contributed by atoms with E-state index in [1.807, 2.05) is 0 Å². The monoisotopic (exact) mass is 269 g/mol. The maximum absolute atomic E-state index is 13.6. The second-order valence-electron chi connectivity index (χ2n) is 3.89. The van der Waals surface area contributed by atoms with Crippen molar-refractivity contribution in [2.24, 2.45) is 0 Å². The molecule has 0 atom stereocenters. The smallest absolute Gasteiger partial charge is 0.201 e. The van der Waals surface area contributed by atoms with Gasteiger partial charge in [-0.3, -0.25) is 9.59 Å². The van der Waals surface area contributed by atoms with Gasteiger partial charge in [0.15, 0.2) is 5.78 Å². The normalized spacial score (nSPS) is 11.3. The van der Waals surface area contributed by atoms with Gasteiger partial charge in [0.05, 0.1) is 11.1 Å². The average molecular weight is 269 g/mol. The number of aliphatic hydroxyl groups is 1. The number of rotatable bonds is 5. The minimum atomic E-state index is -1.04.